The molecule has 1 unspecified atom stereocenters. The molecule has 0 spiro atoms. The molecule has 1 aromatic heterocycles. The molecule has 1 saturated heterocycles. The van der Waals surface area contributed by atoms with Crippen LogP contribution in [0.3, 0.4) is 0 Å². The summed E-state index contributed by atoms with van der Waals surface area (Å²) in [5.74, 6) is 0. The highest BCUT2D eigenvalue weighted by Crippen LogP contribution is 2.21. The van der Waals surface area contributed by atoms with Crippen LogP contribution < -0.4 is 5.32 Å². The van der Waals surface area contributed by atoms with Gasteiger partial charge in [0.1, 0.15) is 0 Å². The molecule has 2 N–H and O–H groups in total. The van der Waals surface area contributed by atoms with Crippen molar-refractivity contribution in [3.8, 4) is 0 Å². The Morgan fingerprint density at radius 2 is 2.46 bits per heavy atom. The van der Waals surface area contributed by atoms with Gasteiger partial charge in [-0.3, -0.25) is 4.98 Å². The second kappa shape index (κ2) is 3.85. The average molecular weight is 178 g/mol. The summed E-state index contributed by atoms with van der Waals surface area (Å²) in [4.78, 5) is 4.15. The molecule has 3 nitrogen and oxygen atoms in total. The summed E-state index contributed by atoms with van der Waals surface area (Å²) in [5.41, 5.74) is 1.97. The van der Waals surface area contributed by atoms with Crippen LogP contribution in [0.5, 0.6) is 0 Å². The van der Waals surface area contributed by atoms with Crippen LogP contribution in [0.15, 0.2) is 18.3 Å². The van der Waals surface area contributed by atoms with Gasteiger partial charge >= 0.3 is 0 Å². The minimum atomic E-state index is 0.0262. The third-order valence-electron chi connectivity index (χ3n) is 2.47. The Kier molecular flexibility index (Phi) is 2.57. The Morgan fingerprint density at radius 1 is 1.54 bits per heavy atom. The Bertz CT molecular complexity index is 265. The Hall–Kier alpha value is -0.930. The van der Waals surface area contributed by atoms with Crippen LogP contribution in [0.1, 0.15) is 30.1 Å². The third kappa shape index (κ3) is 1.87. The van der Waals surface area contributed by atoms with Gasteiger partial charge in [-0.1, -0.05) is 6.07 Å². The van der Waals surface area contributed by atoms with E-state index in [4.69, 9.17) is 5.11 Å². The largest absolute Gasteiger partial charge is 0.390 e. The number of hydrogen-bond acceptors (Lipinski definition) is 3. The number of aliphatic hydroxyl groups excluding tert-OH is 1. The quantitative estimate of drug-likeness (QED) is 0.710. The van der Waals surface area contributed by atoms with E-state index in [2.05, 4.69) is 10.3 Å². The lowest BCUT2D eigenvalue weighted by atomic mass is 10.1. The maximum Gasteiger partial charge on any atom is 0.0852 e. The van der Waals surface area contributed by atoms with Gasteiger partial charge in [-0.2, -0.15) is 0 Å². The summed E-state index contributed by atoms with van der Waals surface area (Å²) in [6.07, 6.45) is 4.29. The first kappa shape index (κ1) is 8.66. The highest BCUT2D eigenvalue weighted by molar-refractivity contribution is 5.18. The van der Waals surface area contributed by atoms with Gasteiger partial charge in [0, 0.05) is 12.2 Å². The molecule has 2 heterocycles. The molecule has 3 heteroatoms. The number of pyridine rings is 1. The number of hydrogen-bond donors (Lipinski definition) is 2. The zero-order valence-electron chi connectivity index (χ0n) is 7.53. The van der Waals surface area contributed by atoms with Crippen LogP contribution in [-0.4, -0.2) is 16.6 Å². The number of aromatic nitrogens is 1. The van der Waals surface area contributed by atoms with Crippen molar-refractivity contribution < 1.29 is 5.11 Å². The topological polar surface area (TPSA) is 45.1 Å². The van der Waals surface area contributed by atoms with Gasteiger partial charge in [-0.15, -0.1) is 0 Å². The van der Waals surface area contributed by atoms with Gasteiger partial charge in [0.25, 0.3) is 0 Å². The molecule has 1 aliphatic rings. The summed E-state index contributed by atoms with van der Waals surface area (Å²) < 4.78 is 0. The molecule has 0 bridgehead atoms. The van der Waals surface area contributed by atoms with Crippen molar-refractivity contribution in [2.45, 2.75) is 25.5 Å². The molecule has 0 radical (unpaired) electrons. The SMILES string of the molecule is OCc1ccc(C2CCCN2)cn1. The van der Waals surface area contributed by atoms with Crippen molar-refractivity contribution in [1.29, 1.82) is 0 Å². The van der Waals surface area contributed by atoms with Crippen molar-refractivity contribution in [3.05, 3.63) is 29.6 Å². The van der Waals surface area contributed by atoms with Gasteiger partial charge < -0.3 is 10.4 Å². The monoisotopic (exact) mass is 178 g/mol. The van der Waals surface area contributed by atoms with E-state index in [9.17, 15) is 0 Å². The summed E-state index contributed by atoms with van der Waals surface area (Å²) in [6, 6.07) is 4.40. The molecule has 0 saturated carbocycles. The van der Waals surface area contributed by atoms with E-state index in [1.165, 1.54) is 18.4 Å². The normalized spacial score (nSPS) is 22.1. The minimum Gasteiger partial charge on any atom is -0.390 e. The minimum absolute atomic E-state index is 0.0262. The van der Waals surface area contributed by atoms with Crippen molar-refractivity contribution in [3.63, 3.8) is 0 Å². The van der Waals surface area contributed by atoms with Gasteiger partial charge in [0.15, 0.2) is 0 Å². The first-order valence-electron chi connectivity index (χ1n) is 4.69. The number of rotatable bonds is 2. The number of nitrogens with zero attached hydrogens (tertiary/aromatic N) is 1. The first-order valence-corrected chi connectivity index (χ1v) is 4.69. The lowest BCUT2D eigenvalue weighted by Gasteiger charge is -2.09. The molecular formula is C10H14N2O. The smallest absolute Gasteiger partial charge is 0.0852 e. The second-order valence-corrected chi connectivity index (χ2v) is 3.39. The first-order chi connectivity index (χ1) is 6.40. The van der Waals surface area contributed by atoms with Crippen molar-refractivity contribution >= 4 is 0 Å². The van der Waals surface area contributed by atoms with Crippen LogP contribution in [0.25, 0.3) is 0 Å². The number of aliphatic hydroxyl groups is 1. The Labute approximate surface area is 77.8 Å². The van der Waals surface area contributed by atoms with Crippen molar-refractivity contribution in [2.75, 3.05) is 6.54 Å². The zero-order chi connectivity index (χ0) is 9.10. The van der Waals surface area contributed by atoms with Crippen LogP contribution in [-0.2, 0) is 6.61 Å². The fourth-order valence-electron chi connectivity index (χ4n) is 1.70. The lowest BCUT2D eigenvalue weighted by Crippen LogP contribution is -2.13. The van der Waals surface area contributed by atoms with Crippen LogP contribution in [0, 0.1) is 0 Å². The summed E-state index contributed by atoms with van der Waals surface area (Å²) in [7, 11) is 0. The summed E-state index contributed by atoms with van der Waals surface area (Å²) >= 11 is 0. The maximum atomic E-state index is 8.82. The second-order valence-electron chi connectivity index (χ2n) is 3.39. The highest BCUT2D eigenvalue weighted by atomic mass is 16.3. The van der Waals surface area contributed by atoms with E-state index in [1.807, 2.05) is 18.3 Å². The molecule has 1 atom stereocenters. The lowest BCUT2D eigenvalue weighted by molar-refractivity contribution is 0.277. The van der Waals surface area contributed by atoms with Gasteiger partial charge in [-0.05, 0) is 31.0 Å². The third-order valence-corrected chi connectivity index (χ3v) is 2.47. The summed E-state index contributed by atoms with van der Waals surface area (Å²) in [5, 5.41) is 12.2. The van der Waals surface area contributed by atoms with E-state index >= 15 is 0 Å². The molecule has 0 amide bonds. The zero-order valence-corrected chi connectivity index (χ0v) is 7.53. The van der Waals surface area contributed by atoms with Crippen LogP contribution in [0.4, 0.5) is 0 Å². The predicted molar refractivity (Wildman–Crippen MR) is 50.1 cm³/mol. The van der Waals surface area contributed by atoms with Crippen molar-refractivity contribution in [1.82, 2.24) is 10.3 Å². The van der Waals surface area contributed by atoms with Gasteiger partial charge in [0.05, 0.1) is 12.3 Å². The molecule has 2 rings (SSSR count). The van der Waals surface area contributed by atoms with Crippen LogP contribution in [0.2, 0.25) is 0 Å². The van der Waals surface area contributed by atoms with Gasteiger partial charge in [0.2, 0.25) is 0 Å². The molecule has 0 aromatic carbocycles. The molecule has 70 valence electrons. The van der Waals surface area contributed by atoms with Crippen molar-refractivity contribution in [2.24, 2.45) is 0 Å². The molecule has 1 aliphatic heterocycles. The molecule has 0 aliphatic carbocycles. The van der Waals surface area contributed by atoms with Crippen LogP contribution >= 0.6 is 0 Å². The van der Waals surface area contributed by atoms with E-state index < -0.39 is 0 Å². The molecule has 1 aromatic rings. The van der Waals surface area contributed by atoms with E-state index in [1.54, 1.807) is 0 Å². The Morgan fingerprint density at radius 3 is 3.00 bits per heavy atom. The Balaban J connectivity index is 2.12. The standard InChI is InChI=1S/C10H14N2O/c13-7-9-4-3-8(6-12-9)10-2-1-5-11-10/h3-4,6,10-11,13H,1-2,5,7H2. The molecule has 1 fully saturated rings. The fraction of sp³-hybridized carbons (Fsp3) is 0.500. The summed E-state index contributed by atoms with van der Waals surface area (Å²) in [6.45, 7) is 1.13. The van der Waals surface area contributed by atoms with E-state index in [0.29, 0.717) is 6.04 Å². The average Bonchev–Trinajstić information content (AvgIpc) is 2.71. The maximum absolute atomic E-state index is 8.82. The van der Waals surface area contributed by atoms with E-state index in [0.717, 1.165) is 12.2 Å². The molecular weight excluding hydrogens is 164 g/mol. The van der Waals surface area contributed by atoms with E-state index in [-0.39, 0.29) is 6.61 Å². The number of nitrogens with one attached hydrogen (secondary N) is 1. The van der Waals surface area contributed by atoms with Gasteiger partial charge in [-0.25, -0.2) is 0 Å². The highest BCUT2D eigenvalue weighted by Gasteiger charge is 2.15. The fourth-order valence-corrected chi connectivity index (χ4v) is 1.70. The predicted octanol–water partition coefficient (Wildman–Crippen LogP) is 0.998. The molecule has 13 heavy (non-hydrogen) atoms.